The van der Waals surface area contributed by atoms with E-state index in [9.17, 15) is 18.7 Å². The van der Waals surface area contributed by atoms with Crippen LogP contribution in [0.3, 0.4) is 0 Å². The minimum Gasteiger partial charge on any atom is -0.435 e. The van der Waals surface area contributed by atoms with Crippen molar-refractivity contribution >= 4 is 46.5 Å². The van der Waals surface area contributed by atoms with Crippen LogP contribution < -0.4 is 10.5 Å². The van der Waals surface area contributed by atoms with Crippen molar-refractivity contribution in [2.45, 2.75) is 19.6 Å². The molecule has 1 heterocycles. The van der Waals surface area contributed by atoms with Crippen LogP contribution >= 0.6 is 23.2 Å². The molecule has 0 saturated carbocycles. The van der Waals surface area contributed by atoms with E-state index in [1.165, 1.54) is 28.1 Å². The van der Waals surface area contributed by atoms with E-state index in [-0.39, 0.29) is 23.9 Å². The molecule has 1 amide bonds. The number of hydrogen-bond donors (Lipinski definition) is 2. The molecule has 1 atom stereocenters. The smallest absolute Gasteiger partial charge is 0.387 e. The maximum absolute atomic E-state index is 12.5. The van der Waals surface area contributed by atoms with E-state index in [0.29, 0.717) is 27.9 Å². The topological polar surface area (TPSA) is 104 Å². The molecule has 2 aromatic carbocycles. The van der Waals surface area contributed by atoms with Gasteiger partial charge in [0, 0.05) is 18.2 Å². The van der Waals surface area contributed by atoms with Gasteiger partial charge < -0.3 is 20.5 Å². The van der Waals surface area contributed by atoms with E-state index in [4.69, 9.17) is 28.9 Å². The van der Waals surface area contributed by atoms with Crippen molar-refractivity contribution in [1.29, 1.82) is 0 Å². The largest absolute Gasteiger partial charge is 0.435 e. The number of aliphatic hydroxyl groups is 1. The van der Waals surface area contributed by atoms with Crippen molar-refractivity contribution in [1.82, 2.24) is 9.91 Å². The van der Waals surface area contributed by atoms with Gasteiger partial charge in [-0.15, -0.1) is 0 Å². The molecule has 0 aromatic heterocycles. The Bertz CT molecular complexity index is 1080. The zero-order valence-corrected chi connectivity index (χ0v) is 19.0. The molecule has 0 aliphatic carbocycles. The van der Waals surface area contributed by atoms with E-state index >= 15 is 0 Å². The predicted molar refractivity (Wildman–Crippen MR) is 122 cm³/mol. The van der Waals surface area contributed by atoms with Gasteiger partial charge in [0.2, 0.25) is 11.9 Å². The quantitative estimate of drug-likeness (QED) is 0.448. The third-order valence-corrected chi connectivity index (χ3v) is 5.57. The third-order valence-electron chi connectivity index (χ3n) is 4.83. The molecule has 1 aliphatic rings. The molecular formula is C21H21Cl2F2N5O3. The van der Waals surface area contributed by atoms with E-state index in [1.807, 2.05) is 0 Å². The van der Waals surface area contributed by atoms with Crippen molar-refractivity contribution in [2.24, 2.45) is 15.8 Å². The van der Waals surface area contributed by atoms with Crippen molar-refractivity contribution in [3.63, 3.8) is 0 Å². The van der Waals surface area contributed by atoms with Crippen LogP contribution in [0.4, 0.5) is 14.5 Å². The number of carbonyl (C=O) groups excluding carboxylic acids is 1. The van der Waals surface area contributed by atoms with Gasteiger partial charge in [-0.1, -0.05) is 35.3 Å². The number of hydrogen-bond acceptors (Lipinski definition) is 5. The molecule has 0 radical (unpaired) electrons. The number of halogens is 4. The van der Waals surface area contributed by atoms with Crippen molar-refractivity contribution in [3.05, 3.63) is 58.1 Å². The molecule has 3 N–H and O–H groups in total. The highest BCUT2D eigenvalue weighted by molar-refractivity contribution is 6.42. The average Bonchev–Trinajstić information content (AvgIpc) is 3.21. The second kappa shape index (κ2) is 10.8. The van der Waals surface area contributed by atoms with Gasteiger partial charge in [0.15, 0.2) is 0 Å². The normalized spacial score (nSPS) is 16.2. The fraction of sp³-hybridized carbons (Fsp3) is 0.286. The van der Waals surface area contributed by atoms with E-state index in [0.717, 1.165) is 0 Å². The number of aliphatic hydroxyl groups excluding tert-OH is 1. The predicted octanol–water partition coefficient (Wildman–Crippen LogP) is 3.47. The molecule has 0 bridgehead atoms. The van der Waals surface area contributed by atoms with E-state index in [1.54, 1.807) is 31.2 Å². The van der Waals surface area contributed by atoms with Gasteiger partial charge in [0.25, 0.3) is 0 Å². The Balaban J connectivity index is 1.96. The summed E-state index contributed by atoms with van der Waals surface area (Å²) < 4.78 is 29.4. The molecule has 0 fully saturated rings. The summed E-state index contributed by atoms with van der Waals surface area (Å²) >= 11 is 12.2. The number of rotatable bonds is 7. The zero-order valence-electron chi connectivity index (χ0n) is 17.5. The van der Waals surface area contributed by atoms with Gasteiger partial charge in [-0.25, -0.2) is 10.0 Å². The van der Waals surface area contributed by atoms with Crippen LogP contribution in [0.25, 0.3) is 0 Å². The maximum atomic E-state index is 12.5. The first-order valence-corrected chi connectivity index (χ1v) is 10.6. The first-order chi connectivity index (χ1) is 15.7. The number of carbonyl (C=O) groups is 1. The fourth-order valence-corrected chi connectivity index (χ4v) is 3.66. The number of amides is 1. The molecule has 33 heavy (non-hydrogen) atoms. The summed E-state index contributed by atoms with van der Waals surface area (Å²) in [5, 5.41) is 16.0. The maximum Gasteiger partial charge on any atom is 0.387 e. The standard InChI is InChI=1S/C21H21Cl2F2N5O3/c1-2-29(18(32)11-31)17-10-30(28-19(17)12-6-7-15(22)16(23)8-12)21(26)27-13-4-3-5-14(9-13)33-20(24)25/h3-9,17,20,31H,2,10-11H2,1H3,(H2,26,27). The molecule has 1 unspecified atom stereocenters. The second-order valence-electron chi connectivity index (χ2n) is 6.90. The molecule has 2 aromatic rings. The SMILES string of the molecule is CCN(C(=O)CO)C1CN(C(N)=Nc2cccc(OC(F)F)c2)N=C1c1ccc(Cl)c(Cl)c1. The number of hydrazone groups is 1. The highest BCUT2D eigenvalue weighted by Crippen LogP contribution is 2.27. The Morgan fingerprint density at radius 1 is 1.33 bits per heavy atom. The minimum atomic E-state index is -2.97. The van der Waals surface area contributed by atoms with Crippen LogP contribution in [0.5, 0.6) is 5.75 Å². The Morgan fingerprint density at radius 3 is 2.73 bits per heavy atom. The van der Waals surface area contributed by atoms with Crippen molar-refractivity contribution in [2.75, 3.05) is 19.7 Å². The number of alkyl halides is 2. The number of nitrogens with zero attached hydrogens (tertiary/aromatic N) is 4. The van der Waals surface area contributed by atoms with Crippen LogP contribution in [0.15, 0.2) is 52.6 Å². The first-order valence-electron chi connectivity index (χ1n) is 9.84. The zero-order chi connectivity index (χ0) is 24.1. The lowest BCUT2D eigenvalue weighted by Crippen LogP contribution is -2.48. The lowest BCUT2D eigenvalue weighted by molar-refractivity contribution is -0.135. The summed E-state index contributed by atoms with van der Waals surface area (Å²) in [4.78, 5) is 18.0. The molecule has 0 spiro atoms. The fourth-order valence-electron chi connectivity index (χ4n) is 3.36. The monoisotopic (exact) mass is 499 g/mol. The third kappa shape index (κ3) is 5.89. The highest BCUT2D eigenvalue weighted by atomic mass is 35.5. The Labute approximate surface area is 198 Å². The molecule has 3 rings (SSSR count). The first kappa shape index (κ1) is 24.7. The second-order valence-corrected chi connectivity index (χ2v) is 7.71. The summed E-state index contributed by atoms with van der Waals surface area (Å²) in [6, 6.07) is 10.1. The van der Waals surface area contributed by atoms with Gasteiger partial charge >= 0.3 is 6.61 Å². The highest BCUT2D eigenvalue weighted by Gasteiger charge is 2.35. The lowest BCUT2D eigenvalue weighted by Gasteiger charge is -2.28. The number of aliphatic imine (C=N–C) groups is 1. The summed E-state index contributed by atoms with van der Waals surface area (Å²) in [5.41, 5.74) is 7.52. The van der Waals surface area contributed by atoms with Gasteiger partial charge in [0.05, 0.1) is 34.0 Å². The summed E-state index contributed by atoms with van der Waals surface area (Å²) in [7, 11) is 0. The van der Waals surface area contributed by atoms with Crippen LogP contribution in [-0.2, 0) is 4.79 Å². The van der Waals surface area contributed by atoms with Gasteiger partial charge in [-0.2, -0.15) is 13.9 Å². The van der Waals surface area contributed by atoms with Crippen LogP contribution in [0, 0.1) is 0 Å². The molecular weight excluding hydrogens is 479 g/mol. The lowest BCUT2D eigenvalue weighted by atomic mass is 10.0. The summed E-state index contributed by atoms with van der Waals surface area (Å²) in [6.45, 7) is -1.41. The number of likely N-dealkylation sites (N-methyl/N-ethyl adjacent to an activating group) is 1. The van der Waals surface area contributed by atoms with Gasteiger partial charge in [0.1, 0.15) is 12.4 Å². The van der Waals surface area contributed by atoms with Crippen LogP contribution in [-0.4, -0.2) is 64.9 Å². The van der Waals surface area contributed by atoms with Gasteiger partial charge in [-0.3, -0.25) is 4.79 Å². The van der Waals surface area contributed by atoms with Crippen LogP contribution in [0.1, 0.15) is 12.5 Å². The van der Waals surface area contributed by atoms with Gasteiger partial charge in [-0.05, 0) is 31.2 Å². The molecule has 176 valence electrons. The average molecular weight is 500 g/mol. The summed E-state index contributed by atoms with van der Waals surface area (Å²) in [5.74, 6) is -0.578. The van der Waals surface area contributed by atoms with E-state index < -0.39 is 25.2 Å². The molecule has 8 nitrogen and oxygen atoms in total. The Morgan fingerprint density at radius 2 is 2.09 bits per heavy atom. The van der Waals surface area contributed by atoms with Crippen LogP contribution in [0.2, 0.25) is 10.0 Å². The van der Waals surface area contributed by atoms with Crippen molar-refractivity contribution < 1.29 is 23.4 Å². The Hall–Kier alpha value is -2.95. The number of ether oxygens (including phenoxy) is 1. The van der Waals surface area contributed by atoms with E-state index in [2.05, 4.69) is 14.8 Å². The molecule has 12 heteroatoms. The summed E-state index contributed by atoms with van der Waals surface area (Å²) in [6.07, 6.45) is 0. The minimum absolute atomic E-state index is 0.0308. The van der Waals surface area contributed by atoms with Crippen molar-refractivity contribution in [3.8, 4) is 5.75 Å². The molecule has 0 saturated heterocycles. The number of benzene rings is 2. The number of guanidine groups is 1. The Kier molecular flexibility index (Phi) is 8.06. The molecule has 1 aliphatic heterocycles. The number of nitrogens with two attached hydrogens (primary N) is 1.